The van der Waals surface area contributed by atoms with E-state index in [1.54, 1.807) is 9.42 Å². The van der Waals surface area contributed by atoms with Crippen molar-refractivity contribution < 1.29 is 19.4 Å². The zero-order valence-corrected chi connectivity index (χ0v) is 16.2. The predicted octanol–water partition coefficient (Wildman–Crippen LogP) is 2.40. The molecule has 152 valence electrons. The van der Waals surface area contributed by atoms with Crippen LogP contribution in [-0.2, 0) is 11.2 Å². The van der Waals surface area contributed by atoms with Crippen LogP contribution in [0.15, 0.2) is 10.9 Å². The van der Waals surface area contributed by atoms with Gasteiger partial charge in [0.2, 0.25) is 0 Å². The average molecular weight is 390 g/mol. The summed E-state index contributed by atoms with van der Waals surface area (Å²) in [4.78, 5) is 40.2. The van der Waals surface area contributed by atoms with E-state index in [9.17, 15) is 19.5 Å². The fourth-order valence-electron chi connectivity index (χ4n) is 3.63. The number of nitrogens with zero attached hydrogens (tertiary/aromatic N) is 3. The molecule has 0 aromatic carbocycles. The number of unbranched alkanes of at least 4 members (excludes halogenated alkanes) is 1. The lowest BCUT2D eigenvalue weighted by atomic mass is 9.93. The number of carboxylic acid groups (broad SMARTS) is 1. The van der Waals surface area contributed by atoms with Crippen molar-refractivity contribution in [3.63, 3.8) is 0 Å². The molecule has 0 aliphatic carbocycles. The molecule has 3 rings (SSSR count). The number of hydrogen-bond donors (Lipinski definition) is 2. The second kappa shape index (κ2) is 8.45. The van der Waals surface area contributed by atoms with E-state index in [4.69, 9.17) is 4.74 Å². The number of aromatic carboxylic acids is 1. The van der Waals surface area contributed by atoms with Crippen LogP contribution < -0.4 is 5.56 Å². The van der Waals surface area contributed by atoms with Crippen LogP contribution in [0.5, 0.6) is 0 Å². The lowest BCUT2D eigenvalue weighted by Gasteiger charge is -2.31. The van der Waals surface area contributed by atoms with Crippen LogP contribution in [0.2, 0.25) is 0 Å². The summed E-state index contributed by atoms with van der Waals surface area (Å²) >= 11 is 0. The van der Waals surface area contributed by atoms with Crippen molar-refractivity contribution >= 4 is 17.7 Å². The highest BCUT2D eigenvalue weighted by atomic mass is 16.6. The predicted molar refractivity (Wildman–Crippen MR) is 102 cm³/mol. The van der Waals surface area contributed by atoms with Gasteiger partial charge in [0, 0.05) is 25.1 Å². The SMILES string of the molecule is CCCCOC(=O)N1CCC(c2cc(=O)[nH]c3c(C(=O)O)c(CC)nn23)CC1. The van der Waals surface area contributed by atoms with Crippen molar-refractivity contribution in [2.24, 2.45) is 0 Å². The van der Waals surface area contributed by atoms with Crippen LogP contribution in [0.1, 0.15) is 67.2 Å². The molecule has 1 aliphatic rings. The number of aromatic amines is 1. The van der Waals surface area contributed by atoms with Crippen molar-refractivity contribution in [3.8, 4) is 0 Å². The molecule has 0 atom stereocenters. The molecule has 28 heavy (non-hydrogen) atoms. The van der Waals surface area contributed by atoms with E-state index in [2.05, 4.69) is 10.1 Å². The van der Waals surface area contributed by atoms with Gasteiger partial charge < -0.3 is 19.7 Å². The molecule has 0 radical (unpaired) electrons. The van der Waals surface area contributed by atoms with Gasteiger partial charge in [-0.15, -0.1) is 0 Å². The van der Waals surface area contributed by atoms with Gasteiger partial charge >= 0.3 is 12.1 Å². The summed E-state index contributed by atoms with van der Waals surface area (Å²) in [7, 11) is 0. The first-order chi connectivity index (χ1) is 13.5. The summed E-state index contributed by atoms with van der Waals surface area (Å²) in [6, 6.07) is 1.48. The number of nitrogens with one attached hydrogen (secondary N) is 1. The molecule has 0 saturated carbocycles. The molecule has 9 nitrogen and oxygen atoms in total. The van der Waals surface area contributed by atoms with Crippen molar-refractivity contribution in [1.82, 2.24) is 19.5 Å². The van der Waals surface area contributed by atoms with E-state index in [0.29, 0.717) is 50.3 Å². The number of carbonyl (C=O) groups excluding carboxylic acids is 1. The number of likely N-dealkylation sites (tertiary alicyclic amines) is 1. The molecule has 1 saturated heterocycles. The van der Waals surface area contributed by atoms with Gasteiger partial charge in [-0.1, -0.05) is 20.3 Å². The monoisotopic (exact) mass is 390 g/mol. The van der Waals surface area contributed by atoms with Crippen LogP contribution in [0.25, 0.3) is 5.65 Å². The lowest BCUT2D eigenvalue weighted by molar-refractivity contribution is 0.0697. The maximum Gasteiger partial charge on any atom is 0.409 e. The Hall–Kier alpha value is -2.84. The van der Waals surface area contributed by atoms with E-state index in [0.717, 1.165) is 12.8 Å². The van der Waals surface area contributed by atoms with Gasteiger partial charge in [-0.3, -0.25) is 4.79 Å². The molecule has 0 unspecified atom stereocenters. The van der Waals surface area contributed by atoms with E-state index < -0.39 is 5.97 Å². The summed E-state index contributed by atoms with van der Waals surface area (Å²) in [6.45, 7) is 5.34. The largest absolute Gasteiger partial charge is 0.477 e. The number of piperidine rings is 1. The first-order valence-corrected chi connectivity index (χ1v) is 9.76. The number of fused-ring (bicyclic) bond motifs is 1. The molecule has 2 aromatic heterocycles. The smallest absolute Gasteiger partial charge is 0.409 e. The van der Waals surface area contributed by atoms with E-state index in [1.165, 1.54) is 6.07 Å². The second-order valence-electron chi connectivity index (χ2n) is 7.03. The number of amides is 1. The summed E-state index contributed by atoms with van der Waals surface area (Å²) in [5.74, 6) is -1.10. The van der Waals surface area contributed by atoms with Gasteiger partial charge in [0.1, 0.15) is 5.56 Å². The number of rotatable bonds is 6. The van der Waals surface area contributed by atoms with E-state index in [-0.39, 0.29) is 28.8 Å². The number of aryl methyl sites for hydroxylation is 1. The molecule has 9 heteroatoms. The van der Waals surface area contributed by atoms with Gasteiger partial charge in [-0.05, 0) is 25.7 Å². The Bertz CT molecular complexity index is 924. The number of ether oxygens (including phenoxy) is 1. The Morgan fingerprint density at radius 3 is 2.64 bits per heavy atom. The van der Waals surface area contributed by atoms with Crippen LogP contribution >= 0.6 is 0 Å². The zero-order chi connectivity index (χ0) is 20.3. The van der Waals surface area contributed by atoms with E-state index >= 15 is 0 Å². The zero-order valence-electron chi connectivity index (χ0n) is 16.2. The quantitative estimate of drug-likeness (QED) is 0.732. The number of aromatic nitrogens is 3. The Kier molecular flexibility index (Phi) is 6.01. The molecular weight excluding hydrogens is 364 g/mol. The highest BCUT2D eigenvalue weighted by Gasteiger charge is 2.28. The molecule has 1 fully saturated rings. The molecule has 2 aromatic rings. The Balaban J connectivity index is 1.82. The first-order valence-electron chi connectivity index (χ1n) is 9.76. The third-order valence-corrected chi connectivity index (χ3v) is 5.17. The minimum absolute atomic E-state index is 0.00995. The normalized spacial score (nSPS) is 15.1. The summed E-state index contributed by atoms with van der Waals surface area (Å²) in [5, 5.41) is 14.0. The van der Waals surface area contributed by atoms with Crippen LogP contribution in [0.4, 0.5) is 4.79 Å². The number of H-pyrrole nitrogens is 1. The minimum Gasteiger partial charge on any atom is -0.477 e. The fourth-order valence-corrected chi connectivity index (χ4v) is 3.63. The number of carboxylic acids is 1. The van der Waals surface area contributed by atoms with Gasteiger partial charge in [0.25, 0.3) is 5.56 Å². The third kappa shape index (κ3) is 3.88. The lowest BCUT2D eigenvalue weighted by Crippen LogP contribution is -2.39. The Morgan fingerprint density at radius 1 is 1.32 bits per heavy atom. The highest BCUT2D eigenvalue weighted by molar-refractivity contribution is 5.95. The second-order valence-corrected chi connectivity index (χ2v) is 7.03. The summed E-state index contributed by atoms with van der Waals surface area (Å²) in [6.07, 6.45) is 3.28. The van der Waals surface area contributed by atoms with Gasteiger partial charge in [0.15, 0.2) is 5.65 Å². The molecular formula is C19H26N4O5. The van der Waals surface area contributed by atoms with Gasteiger partial charge in [-0.25, -0.2) is 14.1 Å². The molecule has 2 N–H and O–H groups in total. The van der Waals surface area contributed by atoms with Crippen molar-refractivity contribution in [3.05, 3.63) is 33.4 Å². The van der Waals surface area contributed by atoms with Crippen molar-refractivity contribution in [1.29, 1.82) is 0 Å². The third-order valence-electron chi connectivity index (χ3n) is 5.17. The number of carbonyl (C=O) groups is 2. The average Bonchev–Trinajstić information content (AvgIpc) is 3.06. The number of hydrogen-bond acceptors (Lipinski definition) is 5. The molecule has 1 amide bonds. The maximum atomic E-state index is 12.2. The topological polar surface area (TPSA) is 117 Å². The van der Waals surface area contributed by atoms with Gasteiger partial charge in [0.05, 0.1) is 18.0 Å². The van der Waals surface area contributed by atoms with Crippen molar-refractivity contribution in [2.75, 3.05) is 19.7 Å². The van der Waals surface area contributed by atoms with Crippen LogP contribution in [-0.4, -0.2) is 56.4 Å². The van der Waals surface area contributed by atoms with Crippen LogP contribution in [0, 0.1) is 0 Å². The molecule has 0 spiro atoms. The fraction of sp³-hybridized carbons (Fsp3) is 0.579. The van der Waals surface area contributed by atoms with E-state index in [1.807, 2.05) is 13.8 Å². The Morgan fingerprint density at radius 2 is 2.04 bits per heavy atom. The summed E-state index contributed by atoms with van der Waals surface area (Å²) < 4.78 is 6.81. The van der Waals surface area contributed by atoms with Crippen molar-refractivity contribution in [2.45, 2.75) is 51.9 Å². The van der Waals surface area contributed by atoms with Crippen LogP contribution in [0.3, 0.4) is 0 Å². The van der Waals surface area contributed by atoms with Gasteiger partial charge in [-0.2, -0.15) is 5.10 Å². The molecule has 0 bridgehead atoms. The Labute approximate surface area is 162 Å². The standard InChI is InChI=1S/C19H26N4O5/c1-3-5-10-28-19(27)22-8-6-12(7-9-22)14-11-15(24)20-17-16(18(25)26)13(4-2)21-23(14)17/h11-12H,3-10H2,1-2H3,(H,20,24)(H,25,26). The molecule has 1 aliphatic heterocycles. The highest BCUT2D eigenvalue weighted by Crippen LogP contribution is 2.29. The maximum absolute atomic E-state index is 12.2. The molecule has 3 heterocycles. The summed E-state index contributed by atoms with van der Waals surface area (Å²) in [5.41, 5.74) is 1.02. The minimum atomic E-state index is -1.11. The first kappa shape index (κ1) is 19.9.